The summed E-state index contributed by atoms with van der Waals surface area (Å²) in [6, 6.07) is 7.57. The number of nitrogens with one attached hydrogen (secondary N) is 2. The van der Waals surface area contributed by atoms with E-state index in [9.17, 15) is 0 Å². The molecule has 2 aromatic rings. The average molecular weight is 275 g/mol. The zero-order chi connectivity index (χ0) is 14.4. The molecular formula is C13H17N5O2. The summed E-state index contributed by atoms with van der Waals surface area (Å²) >= 11 is 0. The third kappa shape index (κ3) is 2.89. The fourth-order valence-electron chi connectivity index (χ4n) is 1.74. The molecule has 0 saturated heterocycles. The van der Waals surface area contributed by atoms with Crippen molar-refractivity contribution in [1.82, 2.24) is 9.97 Å². The van der Waals surface area contributed by atoms with Gasteiger partial charge in [-0.05, 0) is 19.1 Å². The maximum Gasteiger partial charge on any atom is 0.205 e. The number of ether oxygens (including phenoxy) is 2. The summed E-state index contributed by atoms with van der Waals surface area (Å²) < 4.78 is 10.8. The number of nitrogens with two attached hydrogens (primary N) is 1. The number of nitrogen functional groups attached to an aromatic ring is 1. The second-order valence-electron chi connectivity index (χ2n) is 3.80. The molecule has 1 aromatic heterocycles. The van der Waals surface area contributed by atoms with Crippen molar-refractivity contribution in [3.05, 3.63) is 30.6 Å². The molecule has 0 unspecified atom stereocenters. The highest BCUT2D eigenvalue weighted by atomic mass is 16.5. The molecule has 0 atom stereocenters. The lowest BCUT2D eigenvalue weighted by Gasteiger charge is -2.15. The van der Waals surface area contributed by atoms with Gasteiger partial charge in [0, 0.05) is 0 Å². The number of hydrazine groups is 1. The predicted molar refractivity (Wildman–Crippen MR) is 77.3 cm³/mol. The minimum atomic E-state index is 0.402. The first-order chi connectivity index (χ1) is 9.80. The smallest absolute Gasteiger partial charge is 0.205 e. The number of benzene rings is 1. The third-order valence-electron chi connectivity index (χ3n) is 2.58. The van der Waals surface area contributed by atoms with Gasteiger partial charge < -0.3 is 20.2 Å². The van der Waals surface area contributed by atoms with E-state index in [1.165, 1.54) is 13.4 Å². The Morgan fingerprint density at radius 2 is 1.95 bits per heavy atom. The van der Waals surface area contributed by atoms with E-state index in [1.54, 1.807) is 0 Å². The van der Waals surface area contributed by atoms with Crippen LogP contribution >= 0.6 is 0 Å². The fraction of sp³-hybridized carbons (Fsp3) is 0.231. The van der Waals surface area contributed by atoms with Gasteiger partial charge in [-0.15, -0.1) is 0 Å². The Bertz CT molecular complexity index is 576. The van der Waals surface area contributed by atoms with Gasteiger partial charge in [-0.1, -0.05) is 12.1 Å². The summed E-state index contributed by atoms with van der Waals surface area (Å²) in [5.74, 6) is 7.46. The number of nitrogens with zero attached hydrogens (tertiary/aromatic N) is 2. The van der Waals surface area contributed by atoms with E-state index in [2.05, 4.69) is 20.7 Å². The summed E-state index contributed by atoms with van der Waals surface area (Å²) in [4.78, 5) is 8.14. The average Bonchev–Trinajstić information content (AvgIpc) is 2.49. The predicted octanol–water partition coefficient (Wildman–Crippen LogP) is 1.91. The summed E-state index contributed by atoms with van der Waals surface area (Å²) in [6.45, 7) is 2.51. The first-order valence-corrected chi connectivity index (χ1v) is 6.14. The number of hydrogen-bond acceptors (Lipinski definition) is 7. The van der Waals surface area contributed by atoms with Crippen molar-refractivity contribution in [3.63, 3.8) is 0 Å². The molecule has 0 saturated carbocycles. The van der Waals surface area contributed by atoms with Crippen molar-refractivity contribution in [1.29, 1.82) is 0 Å². The van der Waals surface area contributed by atoms with Crippen LogP contribution in [-0.4, -0.2) is 23.7 Å². The quantitative estimate of drug-likeness (QED) is 0.547. The maximum absolute atomic E-state index is 5.55. The Balaban J connectivity index is 2.35. The zero-order valence-electron chi connectivity index (χ0n) is 11.4. The lowest BCUT2D eigenvalue weighted by atomic mass is 10.3. The second kappa shape index (κ2) is 6.58. The van der Waals surface area contributed by atoms with Crippen LogP contribution in [0.5, 0.6) is 11.5 Å². The van der Waals surface area contributed by atoms with Crippen molar-refractivity contribution >= 4 is 17.3 Å². The number of hydrogen-bond donors (Lipinski definition) is 3. The van der Waals surface area contributed by atoms with E-state index in [0.29, 0.717) is 24.0 Å². The number of anilines is 3. The summed E-state index contributed by atoms with van der Waals surface area (Å²) in [7, 11) is 1.53. The van der Waals surface area contributed by atoms with Crippen molar-refractivity contribution in [2.75, 3.05) is 24.5 Å². The van der Waals surface area contributed by atoms with E-state index < -0.39 is 0 Å². The van der Waals surface area contributed by atoms with Crippen LogP contribution in [0.1, 0.15) is 6.92 Å². The topological polar surface area (TPSA) is 94.3 Å². The van der Waals surface area contributed by atoms with Gasteiger partial charge in [0.25, 0.3) is 0 Å². The first-order valence-electron chi connectivity index (χ1n) is 6.14. The minimum Gasteiger partial charge on any atom is -0.492 e. The van der Waals surface area contributed by atoms with Gasteiger partial charge in [0.1, 0.15) is 12.1 Å². The Labute approximate surface area is 117 Å². The third-order valence-corrected chi connectivity index (χ3v) is 2.58. The van der Waals surface area contributed by atoms with Gasteiger partial charge in [-0.2, -0.15) is 0 Å². The van der Waals surface area contributed by atoms with Gasteiger partial charge >= 0.3 is 0 Å². The number of para-hydroxylation sites is 2. The van der Waals surface area contributed by atoms with E-state index in [4.69, 9.17) is 15.3 Å². The highest BCUT2D eigenvalue weighted by Crippen LogP contribution is 2.33. The Hall–Kier alpha value is -2.54. The number of aromatic nitrogens is 2. The van der Waals surface area contributed by atoms with Gasteiger partial charge in [0.2, 0.25) is 5.75 Å². The van der Waals surface area contributed by atoms with Gasteiger partial charge in [0.05, 0.1) is 19.4 Å². The Kier molecular flexibility index (Phi) is 4.56. The van der Waals surface area contributed by atoms with Crippen LogP contribution in [0.4, 0.5) is 17.3 Å². The number of rotatable bonds is 6. The van der Waals surface area contributed by atoms with E-state index in [-0.39, 0.29) is 0 Å². The molecule has 0 aliphatic carbocycles. The molecule has 0 amide bonds. The molecule has 7 nitrogen and oxygen atoms in total. The summed E-state index contributed by atoms with van der Waals surface area (Å²) in [5, 5.41) is 3.15. The maximum atomic E-state index is 5.55. The fourth-order valence-corrected chi connectivity index (χ4v) is 1.74. The molecule has 106 valence electrons. The van der Waals surface area contributed by atoms with Crippen LogP contribution in [0.15, 0.2) is 30.6 Å². The standard InChI is InChI=1S/C13H17N5O2/c1-3-20-10-7-5-4-6-9(10)17-12-11(19-2)13(18-14)16-8-15-12/h4-8H,3,14H2,1-2H3,(H2,15,16,17,18). The largest absolute Gasteiger partial charge is 0.492 e. The van der Waals surface area contributed by atoms with Crippen LogP contribution in [0, 0.1) is 0 Å². The van der Waals surface area contributed by atoms with Crippen LogP contribution in [-0.2, 0) is 0 Å². The molecule has 0 aliphatic rings. The lowest BCUT2D eigenvalue weighted by molar-refractivity contribution is 0.342. The highest BCUT2D eigenvalue weighted by Gasteiger charge is 2.13. The van der Waals surface area contributed by atoms with Gasteiger partial charge in [-0.25, -0.2) is 15.8 Å². The van der Waals surface area contributed by atoms with Crippen LogP contribution in [0.3, 0.4) is 0 Å². The molecule has 4 N–H and O–H groups in total. The molecule has 1 heterocycles. The first kappa shape index (κ1) is 13.9. The molecule has 2 rings (SSSR count). The van der Waals surface area contributed by atoms with Crippen molar-refractivity contribution in [2.24, 2.45) is 5.84 Å². The zero-order valence-corrected chi connectivity index (χ0v) is 11.4. The number of methoxy groups -OCH3 is 1. The lowest BCUT2D eigenvalue weighted by Crippen LogP contribution is -2.11. The van der Waals surface area contributed by atoms with Crippen LogP contribution in [0.2, 0.25) is 0 Å². The normalized spacial score (nSPS) is 9.95. The van der Waals surface area contributed by atoms with Crippen molar-refractivity contribution in [3.8, 4) is 11.5 Å². The SMILES string of the molecule is CCOc1ccccc1Nc1ncnc(NN)c1OC. The van der Waals surface area contributed by atoms with Crippen molar-refractivity contribution < 1.29 is 9.47 Å². The molecule has 0 aliphatic heterocycles. The monoisotopic (exact) mass is 275 g/mol. The molecule has 0 spiro atoms. The highest BCUT2D eigenvalue weighted by molar-refractivity contribution is 5.72. The summed E-state index contributed by atoms with van der Waals surface area (Å²) in [5.41, 5.74) is 3.25. The van der Waals surface area contributed by atoms with Gasteiger partial charge in [0.15, 0.2) is 11.6 Å². The Morgan fingerprint density at radius 1 is 1.20 bits per heavy atom. The Morgan fingerprint density at radius 3 is 2.65 bits per heavy atom. The van der Waals surface area contributed by atoms with E-state index in [1.807, 2.05) is 31.2 Å². The van der Waals surface area contributed by atoms with Crippen LogP contribution < -0.4 is 26.1 Å². The molecule has 0 fully saturated rings. The summed E-state index contributed by atoms with van der Waals surface area (Å²) in [6.07, 6.45) is 1.39. The van der Waals surface area contributed by atoms with E-state index in [0.717, 1.165) is 11.4 Å². The van der Waals surface area contributed by atoms with Gasteiger partial charge in [-0.3, -0.25) is 0 Å². The molecule has 0 radical (unpaired) electrons. The molecule has 1 aromatic carbocycles. The van der Waals surface area contributed by atoms with Crippen molar-refractivity contribution in [2.45, 2.75) is 6.92 Å². The minimum absolute atomic E-state index is 0.402. The molecular weight excluding hydrogens is 258 g/mol. The van der Waals surface area contributed by atoms with E-state index >= 15 is 0 Å². The molecule has 7 heteroatoms. The van der Waals surface area contributed by atoms with Crippen LogP contribution in [0.25, 0.3) is 0 Å². The molecule has 0 bridgehead atoms. The molecule has 20 heavy (non-hydrogen) atoms. The second-order valence-corrected chi connectivity index (χ2v) is 3.80.